The summed E-state index contributed by atoms with van der Waals surface area (Å²) < 4.78 is 0. The van der Waals surface area contributed by atoms with Gasteiger partial charge >= 0.3 is 0 Å². The molecule has 1 fully saturated rings. The fraction of sp³-hybridized carbons (Fsp3) is 0.227. The molecule has 4 rings (SSSR count). The number of rotatable bonds is 5. The predicted octanol–water partition coefficient (Wildman–Crippen LogP) is 2.48. The lowest BCUT2D eigenvalue weighted by atomic mass is 10.0. The van der Waals surface area contributed by atoms with Gasteiger partial charge in [-0.3, -0.25) is 15.1 Å². The van der Waals surface area contributed by atoms with E-state index in [1.54, 1.807) is 23.2 Å². The maximum Gasteiger partial charge on any atom is 0.269 e. The van der Waals surface area contributed by atoms with Crippen LogP contribution in [0.3, 0.4) is 0 Å². The van der Waals surface area contributed by atoms with Crippen molar-refractivity contribution < 1.29 is 9.82 Å². The number of quaternary nitrogens is 1. The summed E-state index contributed by atoms with van der Waals surface area (Å²) in [6.45, 7) is 4.93. The number of hydrogen-bond acceptors (Lipinski definition) is 4. The van der Waals surface area contributed by atoms with Gasteiger partial charge < -0.3 is 4.90 Å². The minimum Gasteiger partial charge on any atom is -0.328 e. The number of benzene rings is 3. The number of nitro benzene ring substituents is 1. The summed E-state index contributed by atoms with van der Waals surface area (Å²) in [6.07, 6.45) is 1.78. The van der Waals surface area contributed by atoms with Crippen LogP contribution in [-0.2, 0) is 6.54 Å². The van der Waals surface area contributed by atoms with Gasteiger partial charge in [-0.1, -0.05) is 42.5 Å². The van der Waals surface area contributed by atoms with Crippen molar-refractivity contribution in [1.82, 2.24) is 5.01 Å². The fourth-order valence-corrected chi connectivity index (χ4v) is 3.65. The lowest BCUT2D eigenvalue weighted by molar-refractivity contribution is -0.918. The van der Waals surface area contributed by atoms with Crippen molar-refractivity contribution in [2.75, 3.05) is 26.2 Å². The van der Waals surface area contributed by atoms with Crippen LogP contribution in [0.15, 0.2) is 71.8 Å². The predicted molar refractivity (Wildman–Crippen MR) is 111 cm³/mol. The summed E-state index contributed by atoms with van der Waals surface area (Å²) in [4.78, 5) is 11.9. The Morgan fingerprint density at radius 1 is 1.00 bits per heavy atom. The van der Waals surface area contributed by atoms with Crippen LogP contribution in [0.4, 0.5) is 5.69 Å². The molecule has 1 aliphatic heterocycles. The van der Waals surface area contributed by atoms with Crippen molar-refractivity contribution in [3.8, 4) is 0 Å². The van der Waals surface area contributed by atoms with Gasteiger partial charge in [-0.15, -0.1) is 0 Å². The summed E-state index contributed by atoms with van der Waals surface area (Å²) in [5.41, 5.74) is 2.37. The van der Waals surface area contributed by atoms with Crippen LogP contribution in [0.2, 0.25) is 0 Å². The summed E-state index contributed by atoms with van der Waals surface area (Å²) in [5, 5.41) is 20.0. The normalized spacial score (nSPS) is 15.4. The molecule has 1 aliphatic rings. The Labute approximate surface area is 163 Å². The van der Waals surface area contributed by atoms with Crippen molar-refractivity contribution in [2.24, 2.45) is 5.10 Å². The molecule has 0 atom stereocenters. The Morgan fingerprint density at radius 3 is 2.46 bits per heavy atom. The largest absolute Gasteiger partial charge is 0.328 e. The van der Waals surface area contributed by atoms with E-state index in [4.69, 9.17) is 0 Å². The molecular formula is C22H23N4O2+. The third-order valence-electron chi connectivity index (χ3n) is 5.24. The second-order valence-electron chi connectivity index (χ2n) is 7.11. The third-order valence-corrected chi connectivity index (χ3v) is 5.24. The molecule has 0 bridgehead atoms. The Bertz CT molecular complexity index is 988. The maximum atomic E-state index is 10.7. The highest BCUT2D eigenvalue weighted by atomic mass is 16.6. The lowest BCUT2D eigenvalue weighted by Gasteiger charge is -2.30. The number of piperazine rings is 1. The van der Waals surface area contributed by atoms with Gasteiger partial charge in [0.15, 0.2) is 0 Å². The first-order valence-corrected chi connectivity index (χ1v) is 9.53. The fourth-order valence-electron chi connectivity index (χ4n) is 3.65. The van der Waals surface area contributed by atoms with Gasteiger partial charge in [0.05, 0.1) is 37.3 Å². The molecule has 6 heteroatoms. The van der Waals surface area contributed by atoms with Gasteiger partial charge in [-0.25, -0.2) is 0 Å². The van der Waals surface area contributed by atoms with Crippen molar-refractivity contribution in [2.45, 2.75) is 6.54 Å². The lowest BCUT2D eigenvalue weighted by Crippen LogP contribution is -3.13. The average Bonchev–Trinajstić information content (AvgIpc) is 2.74. The zero-order chi connectivity index (χ0) is 19.3. The molecule has 0 aliphatic carbocycles. The Hall–Kier alpha value is -3.25. The molecule has 0 aromatic heterocycles. The van der Waals surface area contributed by atoms with E-state index in [1.807, 2.05) is 0 Å². The Morgan fingerprint density at radius 2 is 1.71 bits per heavy atom. The van der Waals surface area contributed by atoms with Crippen LogP contribution in [0, 0.1) is 10.1 Å². The van der Waals surface area contributed by atoms with E-state index in [1.165, 1.54) is 28.5 Å². The summed E-state index contributed by atoms with van der Waals surface area (Å²) in [6, 6.07) is 21.6. The summed E-state index contributed by atoms with van der Waals surface area (Å²) in [5.74, 6) is 0. The van der Waals surface area contributed by atoms with E-state index in [0.29, 0.717) is 0 Å². The first kappa shape index (κ1) is 18.1. The van der Waals surface area contributed by atoms with Gasteiger partial charge in [-0.2, -0.15) is 5.10 Å². The molecule has 1 heterocycles. The van der Waals surface area contributed by atoms with Crippen molar-refractivity contribution in [3.05, 3.63) is 88.0 Å². The molecule has 0 spiro atoms. The van der Waals surface area contributed by atoms with Crippen molar-refractivity contribution in [3.63, 3.8) is 0 Å². The van der Waals surface area contributed by atoms with Crippen LogP contribution in [0.25, 0.3) is 10.8 Å². The van der Waals surface area contributed by atoms with Gasteiger partial charge in [0, 0.05) is 17.7 Å². The smallest absolute Gasteiger partial charge is 0.269 e. The van der Waals surface area contributed by atoms with E-state index in [-0.39, 0.29) is 5.69 Å². The molecule has 142 valence electrons. The minimum absolute atomic E-state index is 0.0998. The second kappa shape index (κ2) is 8.19. The first-order valence-electron chi connectivity index (χ1n) is 9.53. The number of nitrogens with zero attached hydrogens (tertiary/aromatic N) is 3. The van der Waals surface area contributed by atoms with Gasteiger partial charge in [0.25, 0.3) is 5.69 Å². The SMILES string of the molecule is O=[N+]([O-])c1ccc(/C=N\N2CC[NH+](Cc3cccc4ccccc34)CC2)cc1. The zero-order valence-corrected chi connectivity index (χ0v) is 15.6. The molecule has 0 unspecified atom stereocenters. The van der Waals surface area contributed by atoms with Crippen LogP contribution in [-0.4, -0.2) is 42.3 Å². The molecule has 3 aromatic carbocycles. The minimum atomic E-state index is -0.390. The topological polar surface area (TPSA) is 63.2 Å². The van der Waals surface area contributed by atoms with Gasteiger partial charge in [-0.05, 0) is 28.5 Å². The number of nitrogens with one attached hydrogen (secondary N) is 1. The number of hydrogen-bond donors (Lipinski definition) is 1. The molecule has 0 amide bonds. The molecule has 0 radical (unpaired) electrons. The Balaban J connectivity index is 1.33. The van der Waals surface area contributed by atoms with E-state index < -0.39 is 4.92 Å². The summed E-state index contributed by atoms with van der Waals surface area (Å²) in [7, 11) is 0. The highest BCUT2D eigenvalue weighted by Gasteiger charge is 2.19. The van der Waals surface area contributed by atoms with Crippen molar-refractivity contribution in [1.29, 1.82) is 0 Å². The quantitative estimate of drug-likeness (QED) is 0.423. The van der Waals surface area contributed by atoms with E-state index in [9.17, 15) is 10.1 Å². The molecule has 0 saturated carbocycles. The van der Waals surface area contributed by atoms with Crippen LogP contribution >= 0.6 is 0 Å². The molecule has 1 saturated heterocycles. The monoisotopic (exact) mass is 375 g/mol. The summed E-state index contributed by atoms with van der Waals surface area (Å²) >= 11 is 0. The molecule has 6 nitrogen and oxygen atoms in total. The number of fused-ring (bicyclic) bond motifs is 1. The first-order chi connectivity index (χ1) is 13.7. The van der Waals surface area contributed by atoms with E-state index in [0.717, 1.165) is 38.3 Å². The maximum absolute atomic E-state index is 10.7. The Kier molecular flexibility index (Phi) is 5.30. The van der Waals surface area contributed by atoms with Crippen LogP contribution in [0.1, 0.15) is 11.1 Å². The van der Waals surface area contributed by atoms with Gasteiger partial charge in [0.2, 0.25) is 0 Å². The highest BCUT2D eigenvalue weighted by Crippen LogP contribution is 2.17. The van der Waals surface area contributed by atoms with Gasteiger partial charge in [0.1, 0.15) is 6.54 Å². The number of non-ortho nitro benzene ring substituents is 1. The zero-order valence-electron chi connectivity index (χ0n) is 15.6. The number of hydrazone groups is 1. The number of nitro groups is 1. The molecular weight excluding hydrogens is 352 g/mol. The van der Waals surface area contributed by atoms with Crippen LogP contribution in [0.5, 0.6) is 0 Å². The molecule has 3 aromatic rings. The molecule has 1 N–H and O–H groups in total. The van der Waals surface area contributed by atoms with E-state index >= 15 is 0 Å². The van der Waals surface area contributed by atoms with Crippen LogP contribution < -0.4 is 4.90 Å². The van der Waals surface area contributed by atoms with Crippen molar-refractivity contribution >= 4 is 22.7 Å². The average molecular weight is 375 g/mol. The van der Waals surface area contributed by atoms with E-state index in [2.05, 4.69) is 52.6 Å². The third kappa shape index (κ3) is 4.18. The molecule has 28 heavy (non-hydrogen) atoms. The highest BCUT2D eigenvalue weighted by molar-refractivity contribution is 5.85. The standard InChI is InChI=1S/C22H22N4O2/c27-26(28)21-10-8-18(9-11-21)16-23-25-14-12-24(13-15-25)17-20-6-3-5-19-4-1-2-7-22(19)20/h1-11,16H,12-15,17H2/p+1/b23-16-. The second-order valence-corrected chi connectivity index (χ2v) is 7.11.